The molecule has 0 atom stereocenters. The summed E-state index contributed by atoms with van der Waals surface area (Å²) in [4.78, 5) is -1.39. The predicted molar refractivity (Wildman–Crippen MR) is 61.2 cm³/mol. The summed E-state index contributed by atoms with van der Waals surface area (Å²) in [6, 6.07) is 3.95. The summed E-state index contributed by atoms with van der Waals surface area (Å²) in [6.07, 6.45) is 2.53. The zero-order valence-electron chi connectivity index (χ0n) is 8.73. The third-order valence-electron chi connectivity index (χ3n) is 2.19. The molecule has 0 unspecified atom stereocenters. The largest absolute Gasteiger partial charge is 0.253 e. The lowest BCUT2D eigenvalue weighted by molar-refractivity contribution is 0.480. The molecule has 0 fully saturated rings. The third kappa shape index (κ3) is 3.87. The number of halogens is 5. The second-order valence-electron chi connectivity index (χ2n) is 3.72. The normalized spacial score (nSPS) is 16.6. The van der Waals surface area contributed by atoms with Crippen LogP contribution >= 0.6 is 19.7 Å². The molecule has 0 saturated carbocycles. The molecule has 0 bridgehead atoms. The minimum Gasteiger partial charge on any atom is -0.107 e. The van der Waals surface area contributed by atoms with Gasteiger partial charge in [0.1, 0.15) is 0 Å². The summed E-state index contributed by atoms with van der Waals surface area (Å²) in [5, 5.41) is 0. The lowest BCUT2D eigenvalue weighted by Crippen LogP contribution is -2.04. The quantitative estimate of drug-likeness (QED) is 0.596. The van der Waals surface area contributed by atoms with Crippen molar-refractivity contribution in [3.8, 4) is 0 Å². The number of unbranched alkanes of at least 4 members (excludes halogenated alkanes) is 1. The van der Waals surface area contributed by atoms with Crippen molar-refractivity contribution in [1.29, 1.82) is 0 Å². The summed E-state index contributed by atoms with van der Waals surface area (Å²) in [7, 11) is -4.34. The van der Waals surface area contributed by atoms with E-state index in [-0.39, 0.29) is 0 Å². The lowest BCUT2D eigenvalue weighted by atomic mass is 10.1. The molecule has 0 radical (unpaired) electrons. The maximum absolute atomic E-state index is 12.8. The van der Waals surface area contributed by atoms with Crippen LogP contribution in [0.25, 0.3) is 0 Å². The van der Waals surface area contributed by atoms with Crippen molar-refractivity contribution in [2.24, 2.45) is 0 Å². The lowest BCUT2D eigenvalue weighted by Gasteiger charge is -2.42. The molecule has 0 amide bonds. The van der Waals surface area contributed by atoms with Crippen LogP contribution in [0.15, 0.2) is 29.2 Å². The summed E-state index contributed by atoms with van der Waals surface area (Å²) in [5.74, 6) is 0. The van der Waals surface area contributed by atoms with E-state index in [1.165, 1.54) is 12.1 Å². The van der Waals surface area contributed by atoms with Gasteiger partial charge in [0.25, 0.3) is 9.05 Å². The third-order valence-corrected chi connectivity index (χ3v) is 3.89. The Balaban J connectivity index is 2.97. The van der Waals surface area contributed by atoms with Gasteiger partial charge in [0.2, 0.25) is 0 Å². The fraction of sp³-hybridized carbons (Fsp3) is 0.400. The smallest absolute Gasteiger partial charge is 0.107 e. The topological polar surface area (TPSA) is 0 Å². The molecule has 1 aromatic rings. The van der Waals surface area contributed by atoms with Gasteiger partial charge in [-0.1, -0.05) is 25.5 Å². The number of aryl methyl sites for hydroxylation is 1. The van der Waals surface area contributed by atoms with Crippen molar-refractivity contribution in [1.82, 2.24) is 0 Å². The molecule has 0 aliphatic heterocycles. The molecule has 0 nitrogen and oxygen atoms in total. The number of benzene rings is 1. The zero-order chi connectivity index (χ0) is 12.5. The first kappa shape index (κ1) is 13.6. The Kier molecular flexibility index (Phi) is 3.01. The van der Waals surface area contributed by atoms with Crippen LogP contribution in [0.3, 0.4) is 0 Å². The van der Waals surface area contributed by atoms with Gasteiger partial charge in [-0.3, -0.25) is 0 Å². The highest BCUT2D eigenvalue weighted by Crippen LogP contribution is 3.04. The fourth-order valence-electron chi connectivity index (χ4n) is 1.29. The second kappa shape index (κ2) is 3.53. The van der Waals surface area contributed by atoms with E-state index in [4.69, 9.17) is 0 Å². The van der Waals surface area contributed by atoms with Crippen LogP contribution in [-0.4, -0.2) is 0 Å². The first-order valence-corrected chi connectivity index (χ1v) is 7.73. The molecule has 0 aliphatic rings. The fourth-order valence-corrected chi connectivity index (χ4v) is 2.25. The van der Waals surface area contributed by atoms with E-state index in [1.807, 2.05) is 6.92 Å². The molecule has 0 saturated heterocycles. The minimum absolute atomic E-state index is 0.688. The van der Waals surface area contributed by atoms with E-state index in [0.29, 0.717) is 18.6 Å². The predicted octanol–water partition coefficient (Wildman–Crippen LogP) is 5.96. The SMILES string of the molecule is CCCCc1ccc(S(F)(F)(F)(F)Cl)cc1. The van der Waals surface area contributed by atoms with E-state index < -0.39 is 13.9 Å². The van der Waals surface area contributed by atoms with Crippen molar-refractivity contribution in [2.75, 3.05) is 0 Å². The van der Waals surface area contributed by atoms with E-state index in [0.717, 1.165) is 18.4 Å². The standard InChI is InChI=1S/C10H13ClF4S/c1-2-3-4-9-5-7-10(8-6-9)16(11,12,13,14)15/h5-8H,2-4H2,1H3. The number of hydrogen-bond donors (Lipinski definition) is 0. The molecule has 0 heterocycles. The van der Waals surface area contributed by atoms with E-state index >= 15 is 0 Å². The summed E-state index contributed by atoms with van der Waals surface area (Å²) < 4.78 is 51.1. The van der Waals surface area contributed by atoms with Gasteiger partial charge in [-0.05, 0) is 30.5 Å². The average Bonchev–Trinajstić information content (AvgIpc) is 2.12. The molecule has 0 aliphatic carbocycles. The van der Waals surface area contributed by atoms with E-state index in [1.54, 1.807) is 0 Å². The van der Waals surface area contributed by atoms with Crippen molar-refractivity contribution >= 4 is 19.7 Å². The van der Waals surface area contributed by atoms with Crippen molar-refractivity contribution in [3.05, 3.63) is 29.8 Å². The summed E-state index contributed by atoms with van der Waals surface area (Å²) in [6.45, 7) is 1.99. The van der Waals surface area contributed by atoms with Gasteiger partial charge in [0.15, 0.2) is 0 Å². The highest BCUT2D eigenvalue weighted by atomic mass is 35.7. The van der Waals surface area contributed by atoms with Crippen LogP contribution in [0.4, 0.5) is 15.5 Å². The Morgan fingerprint density at radius 1 is 1.06 bits per heavy atom. The Morgan fingerprint density at radius 2 is 1.56 bits per heavy atom. The van der Waals surface area contributed by atoms with Gasteiger partial charge >= 0.3 is 0 Å². The van der Waals surface area contributed by atoms with Gasteiger partial charge in [-0.25, -0.2) is 0 Å². The van der Waals surface area contributed by atoms with Gasteiger partial charge in [-0.2, -0.15) is 0 Å². The summed E-state index contributed by atoms with van der Waals surface area (Å²) in [5.41, 5.74) is 0.754. The Labute approximate surface area is 96.5 Å². The van der Waals surface area contributed by atoms with Gasteiger partial charge < -0.3 is 0 Å². The van der Waals surface area contributed by atoms with Crippen LogP contribution < -0.4 is 0 Å². The van der Waals surface area contributed by atoms with Crippen LogP contribution in [0.5, 0.6) is 0 Å². The monoisotopic (exact) mass is 276 g/mol. The molecular formula is C10H13ClF4S. The van der Waals surface area contributed by atoms with Gasteiger partial charge in [-0.15, -0.1) is 15.5 Å². The molecular weight excluding hydrogens is 264 g/mol. The van der Waals surface area contributed by atoms with Gasteiger partial charge in [0, 0.05) is 10.7 Å². The number of rotatable bonds is 4. The maximum Gasteiger partial charge on any atom is 0.253 e. The first-order valence-electron chi connectivity index (χ1n) is 4.86. The summed E-state index contributed by atoms with van der Waals surface area (Å²) >= 11 is 0. The molecule has 0 N–H and O–H groups in total. The molecule has 94 valence electrons. The Hall–Kier alpha value is -0.420. The van der Waals surface area contributed by atoms with Crippen molar-refractivity contribution in [3.63, 3.8) is 0 Å². The Morgan fingerprint density at radius 3 is 1.94 bits per heavy atom. The highest BCUT2D eigenvalue weighted by Gasteiger charge is 2.62. The molecule has 6 heteroatoms. The highest BCUT2D eigenvalue weighted by molar-refractivity contribution is 8.65. The average molecular weight is 277 g/mol. The van der Waals surface area contributed by atoms with Crippen LogP contribution in [0.1, 0.15) is 25.3 Å². The molecule has 0 spiro atoms. The van der Waals surface area contributed by atoms with Crippen LogP contribution in [0, 0.1) is 0 Å². The Bertz CT molecular complexity index is 367. The van der Waals surface area contributed by atoms with Crippen LogP contribution in [0.2, 0.25) is 0 Å². The number of hydrogen-bond acceptors (Lipinski definition) is 0. The minimum atomic E-state index is -8.52. The molecule has 1 aromatic carbocycles. The van der Waals surface area contributed by atoms with E-state index in [9.17, 15) is 15.5 Å². The second-order valence-corrected chi connectivity index (χ2v) is 7.99. The van der Waals surface area contributed by atoms with Crippen molar-refractivity contribution in [2.45, 2.75) is 31.1 Å². The van der Waals surface area contributed by atoms with Gasteiger partial charge in [0.05, 0.1) is 4.90 Å². The molecule has 0 aromatic heterocycles. The zero-order valence-corrected chi connectivity index (χ0v) is 10.3. The van der Waals surface area contributed by atoms with Crippen molar-refractivity contribution < 1.29 is 15.5 Å². The molecule has 16 heavy (non-hydrogen) atoms. The molecule has 1 rings (SSSR count). The first-order chi connectivity index (χ1) is 7.03. The maximum atomic E-state index is 12.8. The van der Waals surface area contributed by atoms with E-state index in [2.05, 4.69) is 10.7 Å². The van der Waals surface area contributed by atoms with Crippen LogP contribution in [-0.2, 0) is 6.42 Å².